The summed E-state index contributed by atoms with van der Waals surface area (Å²) in [7, 11) is 0. The first kappa shape index (κ1) is 15.3. The van der Waals surface area contributed by atoms with E-state index in [-0.39, 0.29) is 11.8 Å². The Balaban J connectivity index is 1.79. The van der Waals surface area contributed by atoms with Crippen LogP contribution in [0, 0.1) is 6.92 Å². The standard InChI is InChI=1S/C15H15Cl2N3O2/c1-9-18-14(22-19-9)10-3-2-6-20(8-10)15(21)12-7-11(16)4-5-13(12)17/h4-5,7,10H,2-3,6,8H2,1H3/t10-/m0/s1. The minimum absolute atomic E-state index is 0.0665. The zero-order valence-corrected chi connectivity index (χ0v) is 13.6. The molecule has 1 aliphatic heterocycles. The van der Waals surface area contributed by atoms with E-state index in [4.69, 9.17) is 27.7 Å². The SMILES string of the molecule is Cc1noc([C@H]2CCCN(C(=O)c3cc(Cl)ccc3Cl)C2)n1. The van der Waals surface area contributed by atoms with Crippen molar-refractivity contribution in [1.82, 2.24) is 15.0 Å². The van der Waals surface area contributed by atoms with E-state index in [1.54, 1.807) is 30.0 Å². The second-order valence-corrected chi connectivity index (χ2v) is 6.24. The number of hydrogen-bond donors (Lipinski definition) is 0. The highest BCUT2D eigenvalue weighted by Crippen LogP contribution is 2.28. The van der Waals surface area contributed by atoms with E-state index in [9.17, 15) is 4.79 Å². The van der Waals surface area contributed by atoms with Crippen LogP contribution in [0.5, 0.6) is 0 Å². The van der Waals surface area contributed by atoms with Gasteiger partial charge in [0.25, 0.3) is 5.91 Å². The number of amides is 1. The van der Waals surface area contributed by atoms with Gasteiger partial charge in [-0.3, -0.25) is 4.79 Å². The lowest BCUT2D eigenvalue weighted by Crippen LogP contribution is -2.39. The lowest BCUT2D eigenvalue weighted by Gasteiger charge is -2.31. The van der Waals surface area contributed by atoms with Crippen LogP contribution in [-0.2, 0) is 0 Å². The summed E-state index contributed by atoms with van der Waals surface area (Å²) in [4.78, 5) is 18.7. The number of carbonyl (C=O) groups is 1. The number of piperidine rings is 1. The minimum atomic E-state index is -0.117. The molecule has 0 aliphatic carbocycles. The van der Waals surface area contributed by atoms with Gasteiger partial charge in [0.2, 0.25) is 5.89 Å². The molecule has 0 bridgehead atoms. The van der Waals surface area contributed by atoms with E-state index in [0.29, 0.717) is 40.4 Å². The maximum atomic E-state index is 12.7. The summed E-state index contributed by atoms with van der Waals surface area (Å²) in [6.45, 7) is 3.01. The van der Waals surface area contributed by atoms with E-state index in [1.807, 2.05) is 0 Å². The Hall–Kier alpha value is -1.59. The minimum Gasteiger partial charge on any atom is -0.339 e. The maximum Gasteiger partial charge on any atom is 0.255 e. The first-order valence-electron chi connectivity index (χ1n) is 7.09. The molecule has 1 amide bonds. The third-order valence-corrected chi connectivity index (χ3v) is 4.32. The zero-order valence-electron chi connectivity index (χ0n) is 12.1. The van der Waals surface area contributed by atoms with Gasteiger partial charge < -0.3 is 9.42 Å². The number of aromatic nitrogens is 2. The number of halogens is 2. The highest BCUT2D eigenvalue weighted by Gasteiger charge is 2.29. The Bertz CT molecular complexity index is 702. The molecule has 0 unspecified atom stereocenters. The molecule has 0 spiro atoms. The Morgan fingerprint density at radius 1 is 1.41 bits per heavy atom. The van der Waals surface area contributed by atoms with Crippen molar-refractivity contribution in [1.29, 1.82) is 0 Å². The molecular formula is C15H15Cl2N3O2. The predicted octanol–water partition coefficient (Wildman–Crippen LogP) is 3.70. The molecule has 2 aromatic rings. The van der Waals surface area contributed by atoms with Gasteiger partial charge in [0, 0.05) is 18.1 Å². The summed E-state index contributed by atoms with van der Waals surface area (Å²) in [5.74, 6) is 1.15. The molecule has 3 rings (SSSR count). The van der Waals surface area contributed by atoms with Gasteiger partial charge in [0.05, 0.1) is 16.5 Å². The highest BCUT2D eigenvalue weighted by atomic mass is 35.5. The van der Waals surface area contributed by atoms with Crippen LogP contribution in [0.2, 0.25) is 10.0 Å². The Morgan fingerprint density at radius 2 is 2.23 bits per heavy atom. The van der Waals surface area contributed by atoms with Crippen molar-refractivity contribution in [2.75, 3.05) is 13.1 Å². The number of carbonyl (C=O) groups excluding carboxylic acids is 1. The van der Waals surface area contributed by atoms with Gasteiger partial charge in [-0.05, 0) is 38.0 Å². The number of aryl methyl sites for hydroxylation is 1. The van der Waals surface area contributed by atoms with Crippen molar-refractivity contribution in [3.05, 3.63) is 45.5 Å². The largest absolute Gasteiger partial charge is 0.339 e. The van der Waals surface area contributed by atoms with Crippen LogP contribution in [0.15, 0.2) is 22.7 Å². The zero-order chi connectivity index (χ0) is 15.7. The van der Waals surface area contributed by atoms with E-state index in [2.05, 4.69) is 10.1 Å². The number of hydrogen-bond acceptors (Lipinski definition) is 4. The monoisotopic (exact) mass is 339 g/mol. The quantitative estimate of drug-likeness (QED) is 0.836. The normalized spacial score (nSPS) is 18.5. The fourth-order valence-corrected chi connectivity index (χ4v) is 3.04. The van der Waals surface area contributed by atoms with Crippen molar-refractivity contribution in [3.8, 4) is 0 Å². The van der Waals surface area contributed by atoms with Crippen molar-refractivity contribution < 1.29 is 9.32 Å². The van der Waals surface area contributed by atoms with Crippen LogP contribution < -0.4 is 0 Å². The Morgan fingerprint density at radius 3 is 2.95 bits per heavy atom. The van der Waals surface area contributed by atoms with Crippen molar-refractivity contribution in [2.24, 2.45) is 0 Å². The number of benzene rings is 1. The fraction of sp³-hybridized carbons (Fsp3) is 0.400. The van der Waals surface area contributed by atoms with Crippen LogP contribution in [0.1, 0.15) is 40.8 Å². The summed E-state index contributed by atoms with van der Waals surface area (Å²) >= 11 is 12.1. The summed E-state index contributed by atoms with van der Waals surface area (Å²) in [6, 6.07) is 4.91. The van der Waals surface area contributed by atoms with Crippen molar-refractivity contribution in [3.63, 3.8) is 0 Å². The Kier molecular flexibility index (Phi) is 4.36. The topological polar surface area (TPSA) is 59.2 Å². The molecule has 1 aliphatic rings. The number of rotatable bonds is 2. The molecule has 116 valence electrons. The highest BCUT2D eigenvalue weighted by molar-refractivity contribution is 6.35. The lowest BCUT2D eigenvalue weighted by atomic mass is 9.97. The lowest BCUT2D eigenvalue weighted by molar-refractivity contribution is 0.0696. The summed E-state index contributed by atoms with van der Waals surface area (Å²) in [6.07, 6.45) is 1.81. The van der Waals surface area contributed by atoms with Gasteiger partial charge in [0.15, 0.2) is 5.82 Å². The van der Waals surface area contributed by atoms with Gasteiger partial charge in [-0.25, -0.2) is 0 Å². The van der Waals surface area contributed by atoms with Crippen LogP contribution in [0.3, 0.4) is 0 Å². The van der Waals surface area contributed by atoms with Gasteiger partial charge in [-0.2, -0.15) is 4.98 Å². The third-order valence-electron chi connectivity index (χ3n) is 3.76. The molecule has 0 saturated carbocycles. The van der Waals surface area contributed by atoms with Gasteiger partial charge >= 0.3 is 0 Å². The van der Waals surface area contributed by atoms with Crippen LogP contribution in [0.4, 0.5) is 0 Å². The average Bonchev–Trinajstić information content (AvgIpc) is 2.96. The fourth-order valence-electron chi connectivity index (χ4n) is 2.67. The summed E-state index contributed by atoms with van der Waals surface area (Å²) in [5, 5.41) is 4.72. The third kappa shape index (κ3) is 3.10. The average molecular weight is 340 g/mol. The van der Waals surface area contributed by atoms with Gasteiger partial charge in [-0.1, -0.05) is 28.4 Å². The van der Waals surface area contributed by atoms with Crippen molar-refractivity contribution >= 4 is 29.1 Å². The smallest absolute Gasteiger partial charge is 0.255 e. The van der Waals surface area contributed by atoms with Crippen molar-refractivity contribution in [2.45, 2.75) is 25.7 Å². The second kappa shape index (κ2) is 6.26. The number of nitrogens with zero attached hydrogens (tertiary/aromatic N) is 3. The molecule has 7 heteroatoms. The number of likely N-dealkylation sites (tertiary alicyclic amines) is 1. The molecule has 0 radical (unpaired) electrons. The molecule has 22 heavy (non-hydrogen) atoms. The molecule has 0 N–H and O–H groups in total. The van der Waals surface area contributed by atoms with Gasteiger partial charge in [-0.15, -0.1) is 0 Å². The van der Waals surface area contributed by atoms with Gasteiger partial charge in [0.1, 0.15) is 0 Å². The van der Waals surface area contributed by atoms with Crippen LogP contribution >= 0.6 is 23.2 Å². The van der Waals surface area contributed by atoms with E-state index in [1.165, 1.54) is 0 Å². The van der Waals surface area contributed by atoms with E-state index >= 15 is 0 Å². The summed E-state index contributed by atoms with van der Waals surface area (Å²) < 4.78 is 5.23. The molecular weight excluding hydrogens is 325 g/mol. The molecule has 5 nitrogen and oxygen atoms in total. The van der Waals surface area contributed by atoms with E-state index in [0.717, 1.165) is 12.8 Å². The molecule has 1 aromatic heterocycles. The molecule has 1 aromatic carbocycles. The Labute approximate surface area is 138 Å². The summed E-state index contributed by atoms with van der Waals surface area (Å²) in [5.41, 5.74) is 0.427. The molecule has 2 heterocycles. The second-order valence-electron chi connectivity index (χ2n) is 5.39. The van der Waals surface area contributed by atoms with Crippen LogP contribution in [0.25, 0.3) is 0 Å². The first-order chi connectivity index (χ1) is 10.5. The predicted molar refractivity (Wildman–Crippen MR) is 83.4 cm³/mol. The first-order valence-corrected chi connectivity index (χ1v) is 7.84. The van der Waals surface area contributed by atoms with E-state index < -0.39 is 0 Å². The molecule has 1 atom stereocenters. The molecule has 1 saturated heterocycles. The molecule has 1 fully saturated rings. The van der Waals surface area contributed by atoms with Crippen LogP contribution in [-0.4, -0.2) is 34.0 Å². The maximum absolute atomic E-state index is 12.7.